The van der Waals surface area contributed by atoms with Gasteiger partial charge in [-0.2, -0.15) is 0 Å². The van der Waals surface area contributed by atoms with Crippen LogP contribution in [0.5, 0.6) is 0 Å². The van der Waals surface area contributed by atoms with Gasteiger partial charge in [-0.15, -0.1) is 0 Å². The molecule has 19 heavy (non-hydrogen) atoms. The maximum Gasteiger partial charge on any atom is 0.316 e. The summed E-state index contributed by atoms with van der Waals surface area (Å²) in [5.41, 5.74) is 0.354. The second kappa shape index (κ2) is 7.08. The van der Waals surface area contributed by atoms with Crippen LogP contribution in [0.3, 0.4) is 0 Å². The number of amides is 3. The summed E-state index contributed by atoms with van der Waals surface area (Å²) in [5.74, 6) is -0.741. The standard InChI is InChI=1S/C12H15BrFN3O2/c1-17(2)12(19)16-6-5-15-11(18)8-3-4-10(14)9(13)7-8/h3-4,7H,5-6H2,1-2H3,(H,15,18)(H,16,19). The van der Waals surface area contributed by atoms with E-state index < -0.39 is 5.82 Å². The Morgan fingerprint density at radius 3 is 2.47 bits per heavy atom. The first-order valence-electron chi connectivity index (χ1n) is 5.60. The van der Waals surface area contributed by atoms with Gasteiger partial charge in [0.1, 0.15) is 5.82 Å². The molecule has 0 heterocycles. The summed E-state index contributed by atoms with van der Waals surface area (Å²) in [6.07, 6.45) is 0. The van der Waals surface area contributed by atoms with Crippen LogP contribution in [0.25, 0.3) is 0 Å². The van der Waals surface area contributed by atoms with Crippen molar-refractivity contribution in [3.8, 4) is 0 Å². The Balaban J connectivity index is 2.39. The van der Waals surface area contributed by atoms with Crippen LogP contribution < -0.4 is 10.6 Å². The van der Waals surface area contributed by atoms with Crippen LogP contribution in [-0.4, -0.2) is 44.0 Å². The lowest BCUT2D eigenvalue weighted by molar-refractivity contribution is 0.0953. The lowest BCUT2D eigenvalue weighted by atomic mass is 10.2. The maximum absolute atomic E-state index is 13.0. The molecule has 0 bridgehead atoms. The number of carbonyl (C=O) groups excluding carboxylic acids is 2. The molecule has 7 heteroatoms. The van der Waals surface area contributed by atoms with Crippen molar-refractivity contribution >= 4 is 27.9 Å². The summed E-state index contributed by atoms with van der Waals surface area (Å²) >= 11 is 3.01. The van der Waals surface area contributed by atoms with Crippen LogP contribution in [0.4, 0.5) is 9.18 Å². The van der Waals surface area contributed by atoms with E-state index in [9.17, 15) is 14.0 Å². The second-order valence-corrected chi connectivity index (χ2v) is 4.87. The summed E-state index contributed by atoms with van der Waals surface area (Å²) in [6.45, 7) is 0.624. The smallest absolute Gasteiger partial charge is 0.316 e. The fraction of sp³-hybridized carbons (Fsp3) is 0.333. The molecule has 104 valence electrons. The molecule has 1 aromatic rings. The van der Waals surface area contributed by atoms with Gasteiger partial charge in [0.2, 0.25) is 0 Å². The van der Waals surface area contributed by atoms with Gasteiger partial charge in [0.25, 0.3) is 5.91 Å². The van der Waals surface area contributed by atoms with Crippen molar-refractivity contribution in [2.75, 3.05) is 27.2 Å². The molecule has 0 saturated heterocycles. The monoisotopic (exact) mass is 331 g/mol. The molecule has 2 N–H and O–H groups in total. The van der Waals surface area contributed by atoms with Crippen LogP contribution in [0.1, 0.15) is 10.4 Å². The van der Waals surface area contributed by atoms with Crippen LogP contribution >= 0.6 is 15.9 Å². The molecule has 3 amide bonds. The molecule has 5 nitrogen and oxygen atoms in total. The number of hydrogen-bond donors (Lipinski definition) is 2. The third-order valence-corrected chi connectivity index (χ3v) is 2.88. The summed E-state index contributed by atoms with van der Waals surface area (Å²) in [7, 11) is 3.26. The Morgan fingerprint density at radius 1 is 1.26 bits per heavy atom. The van der Waals surface area contributed by atoms with Crippen molar-refractivity contribution < 1.29 is 14.0 Å². The second-order valence-electron chi connectivity index (χ2n) is 4.01. The van der Waals surface area contributed by atoms with Gasteiger partial charge < -0.3 is 15.5 Å². The predicted molar refractivity (Wildman–Crippen MR) is 73.5 cm³/mol. The van der Waals surface area contributed by atoms with Crippen molar-refractivity contribution in [1.82, 2.24) is 15.5 Å². The maximum atomic E-state index is 13.0. The lowest BCUT2D eigenvalue weighted by Crippen LogP contribution is -2.39. The van der Waals surface area contributed by atoms with Crippen LogP contribution in [0, 0.1) is 5.82 Å². The first-order chi connectivity index (χ1) is 8.91. The highest BCUT2D eigenvalue weighted by molar-refractivity contribution is 9.10. The number of rotatable bonds is 4. The van der Waals surface area contributed by atoms with Crippen molar-refractivity contribution in [2.45, 2.75) is 0 Å². The van der Waals surface area contributed by atoms with Crippen LogP contribution in [0.2, 0.25) is 0 Å². The normalized spacial score (nSPS) is 9.89. The minimum absolute atomic E-state index is 0.223. The molecule has 0 aromatic heterocycles. The largest absolute Gasteiger partial charge is 0.350 e. The Labute approximate surface area is 119 Å². The molecule has 0 aliphatic rings. The molecule has 0 radical (unpaired) electrons. The van der Waals surface area contributed by atoms with Crippen molar-refractivity contribution in [3.63, 3.8) is 0 Å². The summed E-state index contributed by atoms with van der Waals surface area (Å²) < 4.78 is 13.2. The summed E-state index contributed by atoms with van der Waals surface area (Å²) in [4.78, 5) is 24.3. The Kier molecular flexibility index (Phi) is 5.75. The van der Waals surface area contributed by atoms with Gasteiger partial charge in [0.05, 0.1) is 4.47 Å². The van der Waals surface area contributed by atoms with E-state index >= 15 is 0 Å². The van der Waals surface area contributed by atoms with Crippen molar-refractivity contribution in [1.29, 1.82) is 0 Å². The Morgan fingerprint density at radius 2 is 1.89 bits per heavy atom. The summed E-state index contributed by atoms with van der Waals surface area (Å²) in [6, 6.07) is 3.79. The highest BCUT2D eigenvalue weighted by Crippen LogP contribution is 2.16. The molecule has 1 rings (SSSR count). The summed E-state index contributed by atoms with van der Waals surface area (Å²) in [5, 5.41) is 5.24. The van der Waals surface area contributed by atoms with E-state index in [1.165, 1.54) is 23.1 Å². The highest BCUT2D eigenvalue weighted by Gasteiger charge is 2.08. The molecule has 0 spiro atoms. The predicted octanol–water partition coefficient (Wildman–Crippen LogP) is 1.59. The molecule has 0 atom stereocenters. The average Bonchev–Trinajstić information content (AvgIpc) is 2.37. The quantitative estimate of drug-likeness (QED) is 0.823. The van der Waals surface area contributed by atoms with E-state index in [0.29, 0.717) is 18.7 Å². The minimum Gasteiger partial charge on any atom is -0.350 e. The third-order valence-electron chi connectivity index (χ3n) is 2.27. The molecule has 0 fully saturated rings. The molecule has 0 aliphatic carbocycles. The van der Waals surface area contributed by atoms with Gasteiger partial charge in [-0.25, -0.2) is 9.18 Å². The molecule has 0 saturated carbocycles. The lowest BCUT2D eigenvalue weighted by Gasteiger charge is -2.12. The number of urea groups is 1. The Hall–Kier alpha value is -1.63. The molecule has 0 unspecified atom stereocenters. The van der Waals surface area contributed by atoms with Gasteiger partial charge in [-0.1, -0.05) is 0 Å². The average molecular weight is 332 g/mol. The molecular formula is C12H15BrFN3O2. The fourth-order valence-electron chi connectivity index (χ4n) is 1.24. The minimum atomic E-state index is -0.421. The zero-order valence-electron chi connectivity index (χ0n) is 10.7. The van der Waals surface area contributed by atoms with Crippen LogP contribution in [0.15, 0.2) is 22.7 Å². The van der Waals surface area contributed by atoms with E-state index in [2.05, 4.69) is 26.6 Å². The van der Waals surface area contributed by atoms with Gasteiger partial charge in [-0.3, -0.25) is 4.79 Å². The number of halogens is 2. The highest BCUT2D eigenvalue weighted by atomic mass is 79.9. The van der Waals surface area contributed by atoms with Crippen molar-refractivity contribution in [3.05, 3.63) is 34.1 Å². The van der Waals surface area contributed by atoms with Gasteiger partial charge in [0.15, 0.2) is 0 Å². The zero-order chi connectivity index (χ0) is 14.4. The van der Waals surface area contributed by atoms with E-state index in [-0.39, 0.29) is 16.4 Å². The van der Waals surface area contributed by atoms with Crippen LogP contribution in [-0.2, 0) is 0 Å². The van der Waals surface area contributed by atoms with E-state index in [1.807, 2.05) is 0 Å². The number of nitrogens with zero attached hydrogens (tertiary/aromatic N) is 1. The number of carbonyl (C=O) groups is 2. The zero-order valence-corrected chi connectivity index (χ0v) is 12.3. The Bertz CT molecular complexity index is 480. The first kappa shape index (κ1) is 15.4. The SMILES string of the molecule is CN(C)C(=O)NCCNC(=O)c1ccc(F)c(Br)c1. The fourth-order valence-corrected chi connectivity index (χ4v) is 1.62. The van der Waals surface area contributed by atoms with E-state index in [0.717, 1.165) is 0 Å². The number of benzene rings is 1. The van der Waals surface area contributed by atoms with Gasteiger partial charge in [0, 0.05) is 32.7 Å². The van der Waals surface area contributed by atoms with Crippen molar-refractivity contribution in [2.24, 2.45) is 0 Å². The number of nitrogens with one attached hydrogen (secondary N) is 2. The van der Waals surface area contributed by atoms with Gasteiger partial charge >= 0.3 is 6.03 Å². The van der Waals surface area contributed by atoms with Gasteiger partial charge in [-0.05, 0) is 34.1 Å². The van der Waals surface area contributed by atoms with E-state index in [1.54, 1.807) is 14.1 Å². The molecular weight excluding hydrogens is 317 g/mol. The van der Waals surface area contributed by atoms with E-state index in [4.69, 9.17) is 0 Å². The first-order valence-corrected chi connectivity index (χ1v) is 6.39. The third kappa shape index (κ3) is 4.86. The topological polar surface area (TPSA) is 61.4 Å². The molecule has 0 aliphatic heterocycles. The molecule has 1 aromatic carbocycles. The number of hydrogen-bond acceptors (Lipinski definition) is 2.